The van der Waals surface area contributed by atoms with Gasteiger partial charge in [-0.1, -0.05) is 37.3 Å². The van der Waals surface area contributed by atoms with Crippen LogP contribution in [0.4, 0.5) is 0 Å². The van der Waals surface area contributed by atoms with Crippen molar-refractivity contribution in [3.8, 4) is 5.75 Å². The molecule has 0 atom stereocenters. The molecule has 0 saturated carbocycles. The molecule has 1 aromatic heterocycles. The van der Waals surface area contributed by atoms with E-state index >= 15 is 0 Å². The minimum atomic E-state index is 0.461. The fourth-order valence-corrected chi connectivity index (χ4v) is 2.86. The molecular weight excluding hydrogens is 288 g/mol. The first-order chi connectivity index (χ1) is 11.3. The molecule has 1 heterocycles. The summed E-state index contributed by atoms with van der Waals surface area (Å²) in [6.07, 6.45) is 4.20. The quantitative estimate of drug-likeness (QED) is 0.681. The van der Waals surface area contributed by atoms with E-state index in [4.69, 9.17) is 10.5 Å². The SMILES string of the molecule is CCC(CC)c1c(CN)nnn1CCCCOc1ccccc1. The maximum Gasteiger partial charge on any atom is 0.119 e. The van der Waals surface area contributed by atoms with Crippen molar-refractivity contribution in [2.24, 2.45) is 5.73 Å². The van der Waals surface area contributed by atoms with Crippen molar-refractivity contribution in [2.45, 2.75) is 58.5 Å². The van der Waals surface area contributed by atoms with Crippen molar-refractivity contribution in [3.63, 3.8) is 0 Å². The monoisotopic (exact) mass is 316 g/mol. The van der Waals surface area contributed by atoms with Crippen molar-refractivity contribution in [1.29, 1.82) is 0 Å². The van der Waals surface area contributed by atoms with Gasteiger partial charge in [0.25, 0.3) is 0 Å². The van der Waals surface area contributed by atoms with Crippen LogP contribution in [0.1, 0.15) is 56.8 Å². The summed E-state index contributed by atoms with van der Waals surface area (Å²) >= 11 is 0. The topological polar surface area (TPSA) is 66.0 Å². The number of nitrogens with two attached hydrogens (primary N) is 1. The lowest BCUT2D eigenvalue weighted by molar-refractivity contribution is 0.300. The van der Waals surface area contributed by atoms with Crippen molar-refractivity contribution in [1.82, 2.24) is 15.0 Å². The number of aromatic nitrogens is 3. The Bertz CT molecular complexity index is 564. The lowest BCUT2D eigenvalue weighted by Gasteiger charge is -2.16. The Morgan fingerprint density at radius 1 is 1.13 bits per heavy atom. The highest BCUT2D eigenvalue weighted by Crippen LogP contribution is 2.25. The van der Waals surface area contributed by atoms with Gasteiger partial charge in [-0.2, -0.15) is 0 Å². The molecule has 0 radical (unpaired) electrons. The Kier molecular flexibility index (Phi) is 7.07. The molecule has 126 valence electrons. The Balaban J connectivity index is 1.84. The van der Waals surface area contributed by atoms with Gasteiger partial charge >= 0.3 is 0 Å². The summed E-state index contributed by atoms with van der Waals surface area (Å²) in [4.78, 5) is 0. The average molecular weight is 316 g/mol. The van der Waals surface area contributed by atoms with E-state index in [1.807, 2.05) is 35.0 Å². The molecule has 0 amide bonds. The second-order valence-electron chi connectivity index (χ2n) is 5.73. The number of aryl methyl sites for hydroxylation is 1. The van der Waals surface area contributed by atoms with Crippen LogP contribution in [0.2, 0.25) is 0 Å². The lowest BCUT2D eigenvalue weighted by Crippen LogP contribution is -2.12. The first kappa shape index (κ1) is 17.5. The van der Waals surface area contributed by atoms with Crippen molar-refractivity contribution >= 4 is 0 Å². The van der Waals surface area contributed by atoms with Gasteiger partial charge in [0.15, 0.2) is 0 Å². The van der Waals surface area contributed by atoms with Gasteiger partial charge in [-0.25, -0.2) is 4.68 Å². The number of hydrogen-bond donors (Lipinski definition) is 1. The van der Waals surface area contributed by atoms with Gasteiger partial charge < -0.3 is 10.5 Å². The van der Waals surface area contributed by atoms with Gasteiger partial charge in [0.2, 0.25) is 0 Å². The highest BCUT2D eigenvalue weighted by atomic mass is 16.5. The Morgan fingerprint density at radius 3 is 2.52 bits per heavy atom. The number of para-hydroxylation sites is 1. The highest BCUT2D eigenvalue weighted by molar-refractivity contribution is 5.20. The fraction of sp³-hybridized carbons (Fsp3) is 0.556. The largest absolute Gasteiger partial charge is 0.494 e. The van der Waals surface area contributed by atoms with Crippen molar-refractivity contribution < 1.29 is 4.74 Å². The third-order valence-corrected chi connectivity index (χ3v) is 4.19. The van der Waals surface area contributed by atoms with Gasteiger partial charge in [-0.15, -0.1) is 5.10 Å². The van der Waals surface area contributed by atoms with Crippen LogP contribution in [0, 0.1) is 0 Å². The van der Waals surface area contributed by atoms with E-state index in [2.05, 4.69) is 24.2 Å². The molecule has 5 nitrogen and oxygen atoms in total. The Morgan fingerprint density at radius 2 is 1.87 bits per heavy atom. The summed E-state index contributed by atoms with van der Waals surface area (Å²) < 4.78 is 7.77. The lowest BCUT2D eigenvalue weighted by atomic mass is 9.97. The third kappa shape index (κ3) is 4.79. The Hall–Kier alpha value is -1.88. The molecule has 5 heteroatoms. The summed E-state index contributed by atoms with van der Waals surface area (Å²) in [5, 5.41) is 8.56. The van der Waals surface area contributed by atoms with Gasteiger partial charge in [0.05, 0.1) is 18.0 Å². The maximum absolute atomic E-state index is 5.82. The number of rotatable bonds is 10. The summed E-state index contributed by atoms with van der Waals surface area (Å²) in [5.41, 5.74) is 7.98. The minimum Gasteiger partial charge on any atom is -0.494 e. The van der Waals surface area contributed by atoms with E-state index in [0.717, 1.165) is 50.3 Å². The predicted molar refractivity (Wildman–Crippen MR) is 92.4 cm³/mol. The molecule has 0 aliphatic carbocycles. The summed E-state index contributed by atoms with van der Waals surface area (Å²) in [6, 6.07) is 9.93. The second-order valence-corrected chi connectivity index (χ2v) is 5.73. The van der Waals surface area contributed by atoms with Crippen LogP contribution in [0.5, 0.6) is 5.75 Å². The molecule has 0 bridgehead atoms. The molecule has 2 aromatic rings. The number of hydrogen-bond acceptors (Lipinski definition) is 4. The zero-order valence-electron chi connectivity index (χ0n) is 14.2. The molecule has 2 N–H and O–H groups in total. The van der Waals surface area contributed by atoms with Crippen LogP contribution >= 0.6 is 0 Å². The normalized spacial score (nSPS) is 11.1. The molecule has 2 rings (SSSR count). The third-order valence-electron chi connectivity index (χ3n) is 4.19. The fourth-order valence-electron chi connectivity index (χ4n) is 2.86. The van der Waals surface area contributed by atoms with Crippen LogP contribution in [0.15, 0.2) is 30.3 Å². The van der Waals surface area contributed by atoms with E-state index in [9.17, 15) is 0 Å². The molecule has 0 fully saturated rings. The van der Waals surface area contributed by atoms with Crippen molar-refractivity contribution in [3.05, 3.63) is 41.7 Å². The summed E-state index contributed by atoms with van der Waals surface area (Å²) in [5.74, 6) is 1.42. The average Bonchev–Trinajstić information content (AvgIpc) is 3.00. The summed E-state index contributed by atoms with van der Waals surface area (Å²) in [7, 11) is 0. The standard InChI is InChI=1S/C18H28N4O/c1-3-15(4-2)18-17(14-19)20-21-22(18)12-8-9-13-23-16-10-6-5-7-11-16/h5-7,10-11,15H,3-4,8-9,12-14,19H2,1-2H3. The zero-order chi connectivity index (χ0) is 16.5. The van der Waals surface area contributed by atoms with Gasteiger partial charge in [0, 0.05) is 19.0 Å². The predicted octanol–water partition coefficient (Wildman–Crippen LogP) is 3.50. The van der Waals surface area contributed by atoms with E-state index in [1.54, 1.807) is 0 Å². The smallest absolute Gasteiger partial charge is 0.119 e. The molecule has 0 saturated heterocycles. The van der Waals surface area contributed by atoms with Crippen LogP contribution in [0.3, 0.4) is 0 Å². The molecule has 23 heavy (non-hydrogen) atoms. The minimum absolute atomic E-state index is 0.461. The first-order valence-corrected chi connectivity index (χ1v) is 8.60. The Labute approximate surface area is 138 Å². The van der Waals surface area contributed by atoms with Crippen LogP contribution in [-0.2, 0) is 13.1 Å². The number of benzene rings is 1. The number of unbranched alkanes of at least 4 members (excludes halogenated alkanes) is 1. The van der Waals surface area contributed by atoms with Crippen LogP contribution < -0.4 is 10.5 Å². The van der Waals surface area contributed by atoms with E-state index < -0.39 is 0 Å². The van der Waals surface area contributed by atoms with Crippen LogP contribution in [0.25, 0.3) is 0 Å². The number of ether oxygens (including phenoxy) is 1. The van der Waals surface area contributed by atoms with Gasteiger partial charge in [0.1, 0.15) is 5.75 Å². The number of nitrogens with zero attached hydrogens (tertiary/aromatic N) is 3. The van der Waals surface area contributed by atoms with Crippen LogP contribution in [-0.4, -0.2) is 21.6 Å². The molecule has 0 unspecified atom stereocenters. The summed E-state index contributed by atoms with van der Waals surface area (Å²) in [6.45, 7) is 6.47. The van der Waals surface area contributed by atoms with E-state index in [0.29, 0.717) is 12.5 Å². The van der Waals surface area contributed by atoms with E-state index in [1.165, 1.54) is 5.69 Å². The molecule has 0 aliphatic heterocycles. The molecular formula is C18H28N4O. The molecule has 0 aliphatic rings. The highest BCUT2D eigenvalue weighted by Gasteiger charge is 2.18. The van der Waals surface area contributed by atoms with Gasteiger partial charge in [-0.05, 0) is 37.8 Å². The molecule has 1 aromatic carbocycles. The zero-order valence-corrected chi connectivity index (χ0v) is 14.2. The van der Waals surface area contributed by atoms with E-state index in [-0.39, 0.29) is 0 Å². The second kappa shape index (κ2) is 9.30. The molecule has 0 spiro atoms. The van der Waals surface area contributed by atoms with Gasteiger partial charge in [-0.3, -0.25) is 0 Å². The first-order valence-electron chi connectivity index (χ1n) is 8.60. The van der Waals surface area contributed by atoms with Crippen molar-refractivity contribution in [2.75, 3.05) is 6.61 Å². The maximum atomic E-state index is 5.82.